The largest absolute Gasteiger partial charge is 0.502 e. The van der Waals surface area contributed by atoms with Gasteiger partial charge < -0.3 is 24.3 Å². The van der Waals surface area contributed by atoms with Gasteiger partial charge in [0.05, 0.1) is 25.4 Å². The average molecular weight is 800 g/mol. The van der Waals surface area contributed by atoms with Gasteiger partial charge in [-0.3, -0.25) is 0 Å². The lowest BCUT2D eigenvalue weighted by Crippen LogP contribution is -2.33. The monoisotopic (exact) mass is 799 g/mol. The van der Waals surface area contributed by atoms with Gasteiger partial charge in [0.25, 0.3) is 22.0 Å². The minimum Gasteiger partial charge on any atom is -0.502 e. The Morgan fingerprint density at radius 3 is 1.71 bits per heavy atom. The van der Waals surface area contributed by atoms with E-state index in [-0.39, 0.29) is 30.2 Å². The molecular weight excluding hydrogens is 759 g/mol. The lowest BCUT2D eigenvalue weighted by atomic mass is 10.0. The molecule has 0 spiro atoms. The number of nitrogens with zero attached hydrogens (tertiary/aromatic N) is 6. The highest BCUT2D eigenvalue weighted by atomic mass is 32.2. The first-order valence-electron chi connectivity index (χ1n) is 18.7. The van der Waals surface area contributed by atoms with E-state index in [9.17, 15) is 8.42 Å². The van der Waals surface area contributed by atoms with Crippen molar-refractivity contribution in [2.75, 3.05) is 0 Å². The van der Waals surface area contributed by atoms with Crippen LogP contribution in [0.5, 0.6) is 11.5 Å². The topological polar surface area (TPSA) is 203 Å². The van der Waals surface area contributed by atoms with Gasteiger partial charge in [0.1, 0.15) is 11.5 Å². The van der Waals surface area contributed by atoms with Crippen LogP contribution in [0.15, 0.2) is 81.8 Å². The fourth-order valence-corrected chi connectivity index (χ4v) is 7.80. The molecule has 296 valence electrons. The molecule has 16 heteroatoms. The second-order valence-electron chi connectivity index (χ2n) is 14.4. The Labute approximate surface area is 336 Å². The molecule has 0 saturated heterocycles. The molecule has 0 radical (unpaired) electrons. The molecule has 0 saturated carbocycles. The molecular formula is C42H41N9O6S. The third-order valence-electron chi connectivity index (χ3n) is 9.61. The van der Waals surface area contributed by atoms with Crippen molar-refractivity contribution in [3.8, 4) is 57.2 Å². The van der Waals surface area contributed by atoms with Crippen molar-refractivity contribution < 1.29 is 26.9 Å². The molecule has 2 atom stereocenters. The highest BCUT2D eigenvalue weighted by Crippen LogP contribution is 2.40. The van der Waals surface area contributed by atoms with Crippen LogP contribution in [0.1, 0.15) is 74.9 Å². The van der Waals surface area contributed by atoms with Crippen LogP contribution in [0.25, 0.3) is 55.4 Å². The van der Waals surface area contributed by atoms with E-state index in [4.69, 9.17) is 42.5 Å². The van der Waals surface area contributed by atoms with Gasteiger partial charge in [0, 0.05) is 34.3 Å². The third kappa shape index (κ3) is 8.61. The second-order valence-corrected chi connectivity index (χ2v) is 15.7. The molecule has 2 heterocycles. The first-order valence-corrected chi connectivity index (χ1v) is 20.2. The van der Waals surface area contributed by atoms with Crippen molar-refractivity contribution in [1.29, 1.82) is 0 Å². The van der Waals surface area contributed by atoms with Crippen LogP contribution in [0.3, 0.4) is 0 Å². The molecule has 2 aliphatic carbocycles. The predicted molar refractivity (Wildman–Crippen MR) is 217 cm³/mol. The van der Waals surface area contributed by atoms with E-state index < -0.39 is 10.2 Å². The fraction of sp³-hybridized carbons (Fsp3) is 0.286. The molecule has 15 nitrogen and oxygen atoms in total. The summed E-state index contributed by atoms with van der Waals surface area (Å²) >= 11 is 0. The predicted octanol–water partition coefficient (Wildman–Crippen LogP) is 8.21. The highest BCUT2D eigenvalue weighted by molar-refractivity contribution is 7.87. The molecule has 58 heavy (non-hydrogen) atoms. The van der Waals surface area contributed by atoms with Crippen LogP contribution in [0.2, 0.25) is 0 Å². The van der Waals surface area contributed by atoms with Gasteiger partial charge in [-0.2, -0.15) is 23.1 Å². The fourth-order valence-electron chi connectivity index (χ4n) is 7.16. The summed E-state index contributed by atoms with van der Waals surface area (Å²) in [6.45, 7) is 22.5. The van der Waals surface area contributed by atoms with E-state index >= 15 is 0 Å². The number of nitrogens with one attached hydrogen (secondary N) is 1. The number of fused-ring (bicyclic) bond motifs is 2. The Kier molecular flexibility index (Phi) is 11.4. The number of hydrogen-bond donors (Lipinski definition) is 3. The van der Waals surface area contributed by atoms with Gasteiger partial charge in [-0.25, -0.2) is 14.8 Å². The van der Waals surface area contributed by atoms with Crippen molar-refractivity contribution in [3.05, 3.63) is 118 Å². The van der Waals surface area contributed by atoms with E-state index in [2.05, 4.69) is 40.8 Å². The lowest BCUT2D eigenvalue weighted by molar-refractivity contribution is 0.244. The van der Waals surface area contributed by atoms with E-state index in [1.54, 1.807) is 30.3 Å². The maximum Gasteiger partial charge on any atom is 0.274 e. The van der Waals surface area contributed by atoms with Crippen molar-refractivity contribution in [2.45, 2.75) is 77.7 Å². The molecule has 6 aromatic rings. The van der Waals surface area contributed by atoms with Crippen LogP contribution in [-0.2, 0) is 23.1 Å². The standard InChI is InChI=1S/C21H21N5O4S.C21H20N4O2/c1-12(2)29-19-10-7-13(11-18(19)23-3)21-24-20(25-30-21)16-6-4-5-15-14(16)8-9-17(15)26-31(22,27)28;1-12(2)26-19-10-7-13(11-18(19)23-3)21-24-20(25-27-21)16-6-4-5-15-14(16)8-9-17(15)22/h4-7,10-12,17,26H,8-9H2,1-2H3,(H2,22,27,28);4-7,10-12,17H,8-9,22H2,1-2H3/t2*17-/m00/s1. The summed E-state index contributed by atoms with van der Waals surface area (Å²) in [6.07, 6.45) is 3.06. The zero-order valence-electron chi connectivity index (χ0n) is 32.3. The van der Waals surface area contributed by atoms with E-state index in [0.29, 0.717) is 64.4 Å². The smallest absolute Gasteiger partial charge is 0.274 e. The number of nitrogens with two attached hydrogens (primary N) is 2. The van der Waals surface area contributed by atoms with Crippen molar-refractivity contribution in [3.63, 3.8) is 0 Å². The number of aromatic nitrogens is 4. The zero-order chi connectivity index (χ0) is 41.1. The molecule has 0 aliphatic heterocycles. The van der Waals surface area contributed by atoms with Gasteiger partial charge in [0.2, 0.25) is 23.0 Å². The Morgan fingerprint density at radius 2 is 1.22 bits per heavy atom. The summed E-state index contributed by atoms with van der Waals surface area (Å²) in [6, 6.07) is 21.7. The van der Waals surface area contributed by atoms with Crippen molar-refractivity contribution >= 4 is 21.6 Å². The summed E-state index contributed by atoms with van der Waals surface area (Å²) in [4.78, 5) is 16.1. The van der Waals surface area contributed by atoms with Crippen LogP contribution < -0.4 is 25.1 Å². The van der Waals surface area contributed by atoms with E-state index in [1.165, 1.54) is 5.56 Å². The maximum absolute atomic E-state index is 11.4. The molecule has 5 N–H and O–H groups in total. The number of hydrogen-bond acceptors (Lipinski definition) is 11. The SMILES string of the molecule is [C-]#[N+]c1cc(-c2nc(-c3cccc4c3CC[C@@H]4N)no2)ccc1OC(C)C.[C-]#[N+]c1cc(-c2nc(-c3cccc4c3CC[C@@H]4NS(N)(=O)=O)no2)ccc1OC(C)C. The Morgan fingerprint density at radius 1 is 0.741 bits per heavy atom. The number of rotatable bonds is 10. The van der Waals surface area contributed by atoms with Gasteiger partial charge in [-0.1, -0.05) is 46.7 Å². The second kappa shape index (κ2) is 16.6. The first kappa shape index (κ1) is 39.8. The molecule has 0 amide bonds. The lowest BCUT2D eigenvalue weighted by Gasteiger charge is -2.12. The quantitative estimate of drug-likeness (QED) is 0.113. The minimum atomic E-state index is -3.81. The normalized spacial score (nSPS) is 15.6. The maximum atomic E-state index is 11.4. The van der Waals surface area contributed by atoms with Crippen LogP contribution in [0, 0.1) is 13.1 Å². The zero-order valence-corrected chi connectivity index (χ0v) is 33.1. The van der Waals surface area contributed by atoms with Gasteiger partial charge >= 0.3 is 0 Å². The van der Waals surface area contributed by atoms with Crippen molar-refractivity contribution in [1.82, 2.24) is 25.0 Å². The number of ether oxygens (including phenoxy) is 2. The molecule has 4 aromatic carbocycles. The third-order valence-corrected chi connectivity index (χ3v) is 10.2. The molecule has 0 unspecified atom stereocenters. The molecule has 0 bridgehead atoms. The van der Waals surface area contributed by atoms with Crippen molar-refractivity contribution in [2.24, 2.45) is 10.9 Å². The van der Waals surface area contributed by atoms with Gasteiger partial charge in [0.15, 0.2) is 0 Å². The van der Waals surface area contributed by atoms with Crippen LogP contribution >= 0.6 is 0 Å². The molecule has 0 fully saturated rings. The van der Waals surface area contributed by atoms with E-state index in [0.717, 1.165) is 40.7 Å². The summed E-state index contributed by atoms with van der Waals surface area (Å²) in [5, 5.41) is 13.4. The Balaban J connectivity index is 0.000000178. The summed E-state index contributed by atoms with van der Waals surface area (Å²) in [5.74, 6) is 2.66. The van der Waals surface area contributed by atoms with Gasteiger partial charge in [-0.15, -0.1) is 0 Å². The first-order chi connectivity index (χ1) is 27.8. The van der Waals surface area contributed by atoms with Crippen LogP contribution in [0.4, 0.5) is 11.4 Å². The summed E-state index contributed by atoms with van der Waals surface area (Å²) < 4.78 is 47.6. The summed E-state index contributed by atoms with van der Waals surface area (Å²) in [7, 11) is -3.81. The number of benzene rings is 4. The van der Waals surface area contributed by atoms with Gasteiger partial charge in [-0.05, 0) is 112 Å². The average Bonchev–Trinajstić information content (AvgIpc) is 4.02. The summed E-state index contributed by atoms with van der Waals surface area (Å²) in [5.41, 5.74) is 14.2. The Hall–Kier alpha value is -6.43. The minimum absolute atomic E-state index is 0.00194. The van der Waals surface area contributed by atoms with E-state index in [1.807, 2.05) is 64.1 Å². The highest BCUT2D eigenvalue weighted by Gasteiger charge is 2.29. The molecule has 2 aliphatic rings. The molecule has 8 rings (SSSR count). The Bertz CT molecular complexity index is 2680. The molecule has 2 aromatic heterocycles. The van der Waals surface area contributed by atoms with Crippen LogP contribution in [-0.4, -0.2) is 40.9 Å².